The van der Waals surface area contributed by atoms with Gasteiger partial charge < -0.3 is 5.11 Å². The normalized spacial score (nSPS) is 11.4. The summed E-state index contributed by atoms with van der Waals surface area (Å²) in [7, 11) is 0. The van der Waals surface area contributed by atoms with Crippen LogP contribution in [0.15, 0.2) is 24.3 Å². The molecule has 2 heteroatoms. The number of hydrogen-bond acceptors (Lipinski definition) is 1. The summed E-state index contributed by atoms with van der Waals surface area (Å²) in [6.45, 7) is 5.59. The van der Waals surface area contributed by atoms with E-state index in [4.69, 9.17) is 5.11 Å². The van der Waals surface area contributed by atoms with Crippen LogP contribution in [-0.2, 0) is 16.6 Å². The topological polar surface area (TPSA) is 37.3 Å². The fraction of sp³-hybridized carbons (Fsp3) is 0.462. The lowest BCUT2D eigenvalue weighted by Gasteiger charge is -2.20. The van der Waals surface area contributed by atoms with Gasteiger partial charge in [0.2, 0.25) is 0 Å². The van der Waals surface area contributed by atoms with E-state index >= 15 is 0 Å². The highest BCUT2D eigenvalue weighted by atomic mass is 16.4. The summed E-state index contributed by atoms with van der Waals surface area (Å²) in [6.07, 6.45) is 2.08. The molecule has 1 rings (SSSR count). The van der Waals surface area contributed by atoms with Gasteiger partial charge in [0, 0.05) is 0 Å². The van der Waals surface area contributed by atoms with Gasteiger partial charge in [0.15, 0.2) is 0 Å². The Balaban J connectivity index is 3.04. The molecule has 0 amide bonds. The Bertz CT molecular complexity index is 353. The zero-order chi connectivity index (χ0) is 11.5. The van der Waals surface area contributed by atoms with Crippen LogP contribution < -0.4 is 0 Å². The molecule has 0 aromatic heterocycles. The Hall–Kier alpha value is -1.31. The highest BCUT2D eigenvalue weighted by Gasteiger charge is 2.29. The quantitative estimate of drug-likeness (QED) is 0.822. The summed E-state index contributed by atoms with van der Waals surface area (Å²) in [6, 6.07) is 7.86. The zero-order valence-corrected chi connectivity index (χ0v) is 9.58. The second-order valence-corrected chi connectivity index (χ2v) is 4.38. The first-order chi connectivity index (χ1) is 6.98. The van der Waals surface area contributed by atoms with Crippen LogP contribution in [0.4, 0.5) is 0 Å². The molecule has 0 aliphatic carbocycles. The number of carboxylic acids is 1. The lowest BCUT2D eigenvalue weighted by molar-refractivity contribution is -0.142. The van der Waals surface area contributed by atoms with Crippen molar-refractivity contribution in [2.75, 3.05) is 0 Å². The van der Waals surface area contributed by atoms with E-state index in [9.17, 15) is 4.79 Å². The van der Waals surface area contributed by atoms with Gasteiger partial charge in [-0.3, -0.25) is 4.79 Å². The molecule has 0 aliphatic heterocycles. The van der Waals surface area contributed by atoms with Gasteiger partial charge in [-0.15, -0.1) is 0 Å². The maximum Gasteiger partial charge on any atom is 0.313 e. The number of benzene rings is 1. The summed E-state index contributed by atoms with van der Waals surface area (Å²) < 4.78 is 0. The average Bonchev–Trinajstić information content (AvgIpc) is 2.18. The van der Waals surface area contributed by atoms with Crippen LogP contribution in [0.5, 0.6) is 0 Å². The number of carboxylic acid groups (broad SMARTS) is 1. The first-order valence-corrected chi connectivity index (χ1v) is 5.31. The smallest absolute Gasteiger partial charge is 0.313 e. The lowest BCUT2D eigenvalue weighted by atomic mass is 9.84. The van der Waals surface area contributed by atoms with Gasteiger partial charge in [-0.25, -0.2) is 0 Å². The number of aliphatic carboxylic acids is 1. The molecule has 0 fully saturated rings. The van der Waals surface area contributed by atoms with Crippen molar-refractivity contribution in [1.29, 1.82) is 0 Å². The lowest BCUT2D eigenvalue weighted by Crippen LogP contribution is -2.28. The van der Waals surface area contributed by atoms with Crippen molar-refractivity contribution in [3.63, 3.8) is 0 Å². The minimum atomic E-state index is -0.802. The number of rotatable bonds is 4. The molecule has 82 valence electrons. The predicted molar refractivity (Wildman–Crippen MR) is 61.1 cm³/mol. The zero-order valence-electron chi connectivity index (χ0n) is 9.58. The summed E-state index contributed by atoms with van der Waals surface area (Å²) in [5.41, 5.74) is 1.29. The largest absolute Gasteiger partial charge is 0.481 e. The van der Waals surface area contributed by atoms with E-state index in [2.05, 4.69) is 6.92 Å². The molecular formula is C13H18O2. The molecule has 0 spiro atoms. The maximum atomic E-state index is 11.1. The Morgan fingerprint density at radius 2 is 2.07 bits per heavy atom. The van der Waals surface area contributed by atoms with Crippen LogP contribution in [0.2, 0.25) is 0 Å². The highest BCUT2D eigenvalue weighted by Crippen LogP contribution is 2.24. The molecule has 0 atom stereocenters. The van der Waals surface area contributed by atoms with Gasteiger partial charge in [-0.1, -0.05) is 37.6 Å². The molecule has 0 bridgehead atoms. The molecule has 0 heterocycles. The first-order valence-electron chi connectivity index (χ1n) is 5.31. The molecule has 1 N–H and O–H groups in total. The van der Waals surface area contributed by atoms with Crippen molar-refractivity contribution in [3.8, 4) is 0 Å². The number of aryl methyl sites for hydroxylation is 1. The maximum absolute atomic E-state index is 11.1. The standard InChI is InChI=1S/C13H18O2/c1-4-6-10-7-5-8-11(9-10)13(2,3)12(14)15/h5,7-9H,4,6H2,1-3H3,(H,14,15). The predicted octanol–water partition coefficient (Wildman–Crippen LogP) is 3.00. The molecule has 0 unspecified atom stereocenters. The van der Waals surface area contributed by atoms with E-state index in [1.807, 2.05) is 24.3 Å². The summed E-state index contributed by atoms with van der Waals surface area (Å²) >= 11 is 0. The fourth-order valence-corrected chi connectivity index (χ4v) is 1.53. The summed E-state index contributed by atoms with van der Waals surface area (Å²) in [5.74, 6) is -0.781. The SMILES string of the molecule is CCCc1cccc(C(C)(C)C(=O)O)c1. The molecule has 2 nitrogen and oxygen atoms in total. The van der Waals surface area contributed by atoms with Crippen molar-refractivity contribution in [1.82, 2.24) is 0 Å². The third-order valence-electron chi connectivity index (χ3n) is 2.72. The second-order valence-electron chi connectivity index (χ2n) is 4.38. The van der Waals surface area contributed by atoms with Crippen molar-refractivity contribution in [2.45, 2.75) is 39.0 Å². The van der Waals surface area contributed by atoms with Crippen LogP contribution in [0.25, 0.3) is 0 Å². The summed E-state index contributed by atoms with van der Waals surface area (Å²) in [5, 5.41) is 9.12. The molecule has 0 radical (unpaired) electrons. The number of carbonyl (C=O) groups is 1. The van der Waals surface area contributed by atoms with Crippen LogP contribution in [0, 0.1) is 0 Å². The van der Waals surface area contributed by atoms with Gasteiger partial charge in [-0.05, 0) is 31.4 Å². The third-order valence-corrected chi connectivity index (χ3v) is 2.72. The average molecular weight is 206 g/mol. The minimum Gasteiger partial charge on any atom is -0.481 e. The Kier molecular flexibility index (Phi) is 3.51. The van der Waals surface area contributed by atoms with Crippen molar-refractivity contribution in [2.24, 2.45) is 0 Å². The fourth-order valence-electron chi connectivity index (χ4n) is 1.53. The van der Waals surface area contributed by atoms with Gasteiger partial charge in [0.25, 0.3) is 0 Å². The van der Waals surface area contributed by atoms with Crippen LogP contribution in [-0.4, -0.2) is 11.1 Å². The molecule has 0 saturated carbocycles. The van der Waals surface area contributed by atoms with E-state index in [1.54, 1.807) is 13.8 Å². The van der Waals surface area contributed by atoms with Crippen molar-refractivity contribution in [3.05, 3.63) is 35.4 Å². The molecule has 0 saturated heterocycles. The van der Waals surface area contributed by atoms with Gasteiger partial charge in [-0.2, -0.15) is 0 Å². The van der Waals surface area contributed by atoms with E-state index < -0.39 is 11.4 Å². The molecule has 1 aromatic carbocycles. The molecule has 15 heavy (non-hydrogen) atoms. The van der Waals surface area contributed by atoms with Crippen LogP contribution in [0.1, 0.15) is 38.3 Å². The van der Waals surface area contributed by atoms with Crippen LogP contribution in [0.3, 0.4) is 0 Å². The Morgan fingerprint density at radius 1 is 1.40 bits per heavy atom. The molecular weight excluding hydrogens is 188 g/mol. The molecule has 0 aliphatic rings. The van der Waals surface area contributed by atoms with Crippen molar-refractivity contribution < 1.29 is 9.90 Å². The van der Waals surface area contributed by atoms with Gasteiger partial charge >= 0.3 is 5.97 Å². The van der Waals surface area contributed by atoms with E-state index in [0.717, 1.165) is 18.4 Å². The number of hydrogen-bond donors (Lipinski definition) is 1. The van der Waals surface area contributed by atoms with Gasteiger partial charge in [0.05, 0.1) is 5.41 Å². The third kappa shape index (κ3) is 2.58. The highest BCUT2D eigenvalue weighted by molar-refractivity contribution is 5.80. The summed E-state index contributed by atoms with van der Waals surface area (Å²) in [4.78, 5) is 11.1. The van der Waals surface area contributed by atoms with Gasteiger partial charge in [0.1, 0.15) is 0 Å². The minimum absolute atomic E-state index is 0.781. The molecule has 1 aromatic rings. The second kappa shape index (κ2) is 4.47. The monoisotopic (exact) mass is 206 g/mol. The Labute approximate surface area is 90.9 Å². The van der Waals surface area contributed by atoms with Crippen LogP contribution >= 0.6 is 0 Å². The van der Waals surface area contributed by atoms with E-state index in [0.29, 0.717) is 0 Å². The van der Waals surface area contributed by atoms with Crippen molar-refractivity contribution >= 4 is 5.97 Å². The van der Waals surface area contributed by atoms with E-state index in [1.165, 1.54) is 5.56 Å². The van der Waals surface area contributed by atoms with E-state index in [-0.39, 0.29) is 0 Å². The first kappa shape index (κ1) is 11.8. The Morgan fingerprint density at radius 3 is 2.60 bits per heavy atom.